The van der Waals surface area contributed by atoms with Crippen LogP contribution in [0.3, 0.4) is 0 Å². The topological polar surface area (TPSA) is 127 Å². The number of nitrogens with two attached hydrogens (primary N) is 1. The summed E-state index contributed by atoms with van der Waals surface area (Å²) in [6, 6.07) is 5.07. The Labute approximate surface area is 96.6 Å². The standard InChI is InChI=1S/C10H12N2O5/c1-10(11,9(14)15)8(13)6-3-2-4-7(5-6)12(16)17/h2-5,8,13H,11H2,1H3,(H,14,15)/t8-,10?/m1/s1. The first-order valence-electron chi connectivity index (χ1n) is 4.71. The van der Waals surface area contributed by atoms with E-state index in [1.54, 1.807) is 0 Å². The number of nitro groups is 1. The van der Waals surface area contributed by atoms with E-state index in [1.807, 2.05) is 0 Å². The van der Waals surface area contributed by atoms with Gasteiger partial charge in [0.25, 0.3) is 5.69 Å². The van der Waals surface area contributed by atoms with Gasteiger partial charge in [-0.25, -0.2) is 0 Å². The van der Waals surface area contributed by atoms with Crippen LogP contribution in [0.2, 0.25) is 0 Å². The Morgan fingerprint density at radius 1 is 1.59 bits per heavy atom. The first-order valence-corrected chi connectivity index (χ1v) is 4.71. The summed E-state index contributed by atoms with van der Waals surface area (Å²) in [7, 11) is 0. The molecule has 0 bridgehead atoms. The van der Waals surface area contributed by atoms with Crippen molar-refractivity contribution in [3.8, 4) is 0 Å². The summed E-state index contributed by atoms with van der Waals surface area (Å²) in [5.41, 5.74) is 3.39. The maximum Gasteiger partial charge on any atom is 0.326 e. The van der Waals surface area contributed by atoms with Crippen molar-refractivity contribution in [2.45, 2.75) is 18.6 Å². The van der Waals surface area contributed by atoms with Gasteiger partial charge in [0.1, 0.15) is 11.6 Å². The molecule has 7 heteroatoms. The fourth-order valence-corrected chi connectivity index (χ4v) is 1.27. The predicted molar refractivity (Wildman–Crippen MR) is 58.3 cm³/mol. The van der Waals surface area contributed by atoms with Crippen LogP contribution in [0.1, 0.15) is 18.6 Å². The van der Waals surface area contributed by atoms with E-state index < -0.39 is 22.5 Å². The smallest absolute Gasteiger partial charge is 0.326 e. The summed E-state index contributed by atoms with van der Waals surface area (Å²) in [6.45, 7) is 1.14. The second-order valence-electron chi connectivity index (χ2n) is 3.84. The fourth-order valence-electron chi connectivity index (χ4n) is 1.27. The van der Waals surface area contributed by atoms with E-state index >= 15 is 0 Å². The molecule has 2 atom stereocenters. The minimum atomic E-state index is -1.91. The van der Waals surface area contributed by atoms with Crippen LogP contribution in [0, 0.1) is 10.1 Å². The highest BCUT2D eigenvalue weighted by Gasteiger charge is 2.38. The van der Waals surface area contributed by atoms with Crippen LogP contribution in [-0.2, 0) is 4.79 Å². The molecule has 1 aromatic carbocycles. The Morgan fingerprint density at radius 3 is 2.65 bits per heavy atom. The van der Waals surface area contributed by atoms with Gasteiger partial charge < -0.3 is 15.9 Å². The molecule has 0 fully saturated rings. The van der Waals surface area contributed by atoms with Gasteiger partial charge in [0.05, 0.1) is 4.92 Å². The van der Waals surface area contributed by atoms with Gasteiger partial charge in [-0.05, 0) is 12.5 Å². The van der Waals surface area contributed by atoms with Crippen molar-refractivity contribution in [2.24, 2.45) is 5.73 Å². The van der Waals surface area contributed by atoms with Crippen molar-refractivity contribution in [1.29, 1.82) is 0 Å². The molecule has 4 N–H and O–H groups in total. The van der Waals surface area contributed by atoms with Gasteiger partial charge in [-0.1, -0.05) is 12.1 Å². The number of rotatable bonds is 4. The van der Waals surface area contributed by atoms with Crippen molar-refractivity contribution in [3.63, 3.8) is 0 Å². The lowest BCUT2D eigenvalue weighted by Crippen LogP contribution is -2.50. The van der Waals surface area contributed by atoms with Crippen molar-refractivity contribution >= 4 is 11.7 Å². The van der Waals surface area contributed by atoms with Gasteiger partial charge in [0.15, 0.2) is 0 Å². The van der Waals surface area contributed by atoms with E-state index in [2.05, 4.69) is 0 Å². The molecule has 1 aromatic rings. The van der Waals surface area contributed by atoms with Gasteiger partial charge in [0.2, 0.25) is 0 Å². The molecule has 0 aliphatic carbocycles. The molecule has 0 spiro atoms. The van der Waals surface area contributed by atoms with E-state index in [9.17, 15) is 20.0 Å². The maximum absolute atomic E-state index is 10.8. The van der Waals surface area contributed by atoms with Crippen LogP contribution >= 0.6 is 0 Å². The van der Waals surface area contributed by atoms with E-state index in [4.69, 9.17) is 10.8 Å². The Hall–Kier alpha value is -1.99. The summed E-state index contributed by atoms with van der Waals surface area (Å²) in [6.07, 6.45) is -1.53. The number of aliphatic carboxylic acids is 1. The van der Waals surface area contributed by atoms with Crippen LogP contribution in [-0.4, -0.2) is 26.6 Å². The fraction of sp³-hybridized carbons (Fsp3) is 0.300. The van der Waals surface area contributed by atoms with Crippen LogP contribution in [0.5, 0.6) is 0 Å². The SMILES string of the molecule is CC(N)(C(=O)O)[C@H](O)c1cccc([N+](=O)[O-])c1. The maximum atomic E-state index is 10.8. The quantitative estimate of drug-likeness (QED) is 0.517. The van der Waals surface area contributed by atoms with Gasteiger partial charge in [-0.3, -0.25) is 14.9 Å². The molecule has 1 rings (SSSR count). The number of hydrogen-bond donors (Lipinski definition) is 3. The Morgan fingerprint density at radius 2 is 2.18 bits per heavy atom. The number of aliphatic hydroxyl groups is 1. The first kappa shape index (κ1) is 13.1. The number of carboxylic acids is 1. The monoisotopic (exact) mass is 240 g/mol. The van der Waals surface area contributed by atoms with Gasteiger partial charge in [0, 0.05) is 12.1 Å². The number of non-ortho nitro benzene ring substituents is 1. The summed E-state index contributed by atoms with van der Waals surface area (Å²) >= 11 is 0. The molecule has 0 radical (unpaired) electrons. The second kappa shape index (κ2) is 4.48. The lowest BCUT2D eigenvalue weighted by atomic mass is 9.90. The lowest BCUT2D eigenvalue weighted by molar-refractivity contribution is -0.385. The molecule has 7 nitrogen and oxygen atoms in total. The van der Waals surface area contributed by atoms with E-state index in [-0.39, 0.29) is 11.3 Å². The highest BCUT2D eigenvalue weighted by atomic mass is 16.6. The third-order valence-electron chi connectivity index (χ3n) is 2.43. The number of nitro benzene ring substituents is 1. The summed E-state index contributed by atoms with van der Waals surface area (Å²) in [4.78, 5) is 20.7. The highest BCUT2D eigenvalue weighted by molar-refractivity contribution is 5.79. The van der Waals surface area contributed by atoms with Crippen molar-refractivity contribution in [3.05, 3.63) is 39.9 Å². The lowest BCUT2D eigenvalue weighted by Gasteiger charge is -2.25. The zero-order valence-electron chi connectivity index (χ0n) is 9.03. The highest BCUT2D eigenvalue weighted by Crippen LogP contribution is 2.26. The summed E-state index contributed by atoms with van der Waals surface area (Å²) < 4.78 is 0. The molecule has 92 valence electrons. The Bertz CT molecular complexity index is 458. The molecule has 0 aliphatic heterocycles. The van der Waals surface area contributed by atoms with E-state index in [0.29, 0.717) is 0 Å². The molecule has 1 unspecified atom stereocenters. The molecular formula is C10H12N2O5. The average molecular weight is 240 g/mol. The number of carboxylic acid groups (broad SMARTS) is 1. The molecule has 17 heavy (non-hydrogen) atoms. The summed E-state index contributed by atoms with van der Waals surface area (Å²) in [5.74, 6) is -1.39. The molecular weight excluding hydrogens is 228 g/mol. The largest absolute Gasteiger partial charge is 0.480 e. The van der Waals surface area contributed by atoms with Crippen LogP contribution in [0.15, 0.2) is 24.3 Å². The van der Waals surface area contributed by atoms with Gasteiger partial charge >= 0.3 is 5.97 Å². The minimum absolute atomic E-state index is 0.0894. The van der Waals surface area contributed by atoms with Crippen LogP contribution < -0.4 is 5.73 Å². The molecule has 0 aliphatic rings. The number of carbonyl (C=O) groups is 1. The minimum Gasteiger partial charge on any atom is -0.480 e. The van der Waals surface area contributed by atoms with E-state index in [0.717, 1.165) is 13.0 Å². The number of benzene rings is 1. The number of aliphatic hydroxyl groups excluding tert-OH is 1. The number of nitrogens with zero attached hydrogens (tertiary/aromatic N) is 1. The van der Waals surface area contributed by atoms with Crippen LogP contribution in [0.25, 0.3) is 0 Å². The number of hydrogen-bond acceptors (Lipinski definition) is 5. The normalized spacial score (nSPS) is 15.9. The van der Waals surface area contributed by atoms with Crippen molar-refractivity contribution in [2.75, 3.05) is 0 Å². The summed E-state index contributed by atoms with van der Waals surface area (Å²) in [5, 5.41) is 29.2. The molecule has 0 aromatic heterocycles. The van der Waals surface area contributed by atoms with Crippen LogP contribution in [0.4, 0.5) is 5.69 Å². The Balaban J connectivity index is 3.13. The third kappa shape index (κ3) is 2.58. The third-order valence-corrected chi connectivity index (χ3v) is 2.43. The molecule has 0 amide bonds. The van der Waals surface area contributed by atoms with Crippen molar-refractivity contribution in [1.82, 2.24) is 0 Å². The van der Waals surface area contributed by atoms with E-state index in [1.165, 1.54) is 18.2 Å². The second-order valence-corrected chi connectivity index (χ2v) is 3.84. The molecule has 0 saturated carbocycles. The zero-order valence-corrected chi connectivity index (χ0v) is 9.03. The predicted octanol–water partition coefficient (Wildman–Crippen LogP) is 0.430. The molecule has 0 heterocycles. The van der Waals surface area contributed by atoms with Gasteiger partial charge in [-0.2, -0.15) is 0 Å². The Kier molecular flexibility index (Phi) is 3.45. The van der Waals surface area contributed by atoms with Crippen molar-refractivity contribution < 1.29 is 19.9 Å². The zero-order chi connectivity index (χ0) is 13.2. The van der Waals surface area contributed by atoms with Gasteiger partial charge in [-0.15, -0.1) is 0 Å². The average Bonchev–Trinajstić information content (AvgIpc) is 2.27. The molecule has 0 saturated heterocycles. The first-order chi connectivity index (χ1) is 7.76.